The maximum Gasteiger partial charge on any atom is 0.462 e. The molecule has 0 aromatic heterocycles. The summed E-state index contributed by atoms with van der Waals surface area (Å²) in [5.74, 6) is -27.6. The fourth-order valence-electron chi connectivity index (χ4n) is 0.966. The standard InChI is InChI=1S/C8F16O/c9-1(2(10)11)3(12,13)5(16,7(20,21)22)25-8(23,24)4(14,15)6(17,18)19. The molecular formula is C8F16O. The zero-order valence-electron chi connectivity index (χ0n) is 10.5. The Bertz CT molecular complexity index is 521. The quantitative estimate of drug-likeness (QED) is 0.520. The molecule has 0 aliphatic heterocycles. The first-order valence-electron chi connectivity index (χ1n) is 4.93. The lowest BCUT2D eigenvalue weighted by atomic mass is 10.1. The molecule has 0 rings (SSSR count). The van der Waals surface area contributed by atoms with Crippen LogP contribution in [0.3, 0.4) is 0 Å². The average Bonchev–Trinajstić information content (AvgIpc) is 2.33. The first-order valence-corrected chi connectivity index (χ1v) is 4.93. The molecule has 0 aliphatic rings. The zero-order chi connectivity index (χ0) is 20.9. The Balaban J connectivity index is 6.44. The molecule has 0 fully saturated rings. The second-order valence-corrected chi connectivity index (χ2v) is 3.93. The van der Waals surface area contributed by atoms with E-state index in [4.69, 9.17) is 0 Å². The molecule has 0 aromatic carbocycles. The zero-order valence-corrected chi connectivity index (χ0v) is 10.5. The lowest BCUT2D eigenvalue weighted by molar-refractivity contribution is -0.505. The summed E-state index contributed by atoms with van der Waals surface area (Å²) < 4.78 is 197. The van der Waals surface area contributed by atoms with Crippen LogP contribution in [0.2, 0.25) is 0 Å². The average molecular weight is 416 g/mol. The fraction of sp³-hybridized carbons (Fsp3) is 0.750. The fourth-order valence-corrected chi connectivity index (χ4v) is 0.966. The van der Waals surface area contributed by atoms with Crippen molar-refractivity contribution in [2.75, 3.05) is 0 Å². The Morgan fingerprint density at radius 1 is 0.560 bits per heavy atom. The van der Waals surface area contributed by atoms with Gasteiger partial charge < -0.3 is 0 Å². The summed E-state index contributed by atoms with van der Waals surface area (Å²) >= 11 is 0. The van der Waals surface area contributed by atoms with Gasteiger partial charge in [0.15, 0.2) is 0 Å². The highest BCUT2D eigenvalue weighted by Gasteiger charge is 2.84. The van der Waals surface area contributed by atoms with E-state index >= 15 is 0 Å². The van der Waals surface area contributed by atoms with Crippen molar-refractivity contribution >= 4 is 0 Å². The van der Waals surface area contributed by atoms with Crippen molar-refractivity contribution in [3.05, 3.63) is 11.9 Å². The SMILES string of the molecule is FC(F)=C(F)C(F)(F)C(F)(OC(F)(F)C(F)(F)C(F)(F)F)C(F)(F)F. The molecule has 0 amide bonds. The number of halogens is 16. The summed E-state index contributed by atoms with van der Waals surface area (Å²) in [4.78, 5) is 0. The van der Waals surface area contributed by atoms with Crippen molar-refractivity contribution in [2.24, 2.45) is 0 Å². The smallest absolute Gasteiger partial charge is 0.264 e. The Morgan fingerprint density at radius 2 is 0.920 bits per heavy atom. The van der Waals surface area contributed by atoms with Crippen LogP contribution in [0.5, 0.6) is 0 Å². The maximum atomic E-state index is 13.2. The summed E-state index contributed by atoms with van der Waals surface area (Å²) in [7, 11) is 0. The van der Waals surface area contributed by atoms with Crippen LogP contribution < -0.4 is 0 Å². The summed E-state index contributed by atoms with van der Waals surface area (Å²) in [6.45, 7) is 0. The van der Waals surface area contributed by atoms with Crippen molar-refractivity contribution in [1.82, 2.24) is 0 Å². The Kier molecular flexibility index (Phi) is 5.74. The molecule has 0 saturated heterocycles. The predicted octanol–water partition coefficient (Wildman–Crippen LogP) is 5.73. The lowest BCUT2D eigenvalue weighted by Gasteiger charge is -2.37. The molecular weight excluding hydrogens is 416 g/mol. The Morgan fingerprint density at radius 3 is 1.16 bits per heavy atom. The van der Waals surface area contributed by atoms with Crippen molar-refractivity contribution in [3.63, 3.8) is 0 Å². The molecule has 17 heteroatoms. The van der Waals surface area contributed by atoms with Gasteiger partial charge >= 0.3 is 42.2 Å². The predicted molar refractivity (Wildman–Crippen MR) is 42.2 cm³/mol. The van der Waals surface area contributed by atoms with Crippen molar-refractivity contribution < 1.29 is 75.0 Å². The summed E-state index contributed by atoms with van der Waals surface area (Å²) in [6.07, 6.45) is -27.3. The van der Waals surface area contributed by atoms with Crippen molar-refractivity contribution in [1.29, 1.82) is 0 Å². The molecule has 0 saturated carbocycles. The normalized spacial score (nSPS) is 17.3. The van der Waals surface area contributed by atoms with E-state index in [-0.39, 0.29) is 0 Å². The second-order valence-electron chi connectivity index (χ2n) is 3.93. The van der Waals surface area contributed by atoms with Crippen LogP contribution in [-0.4, -0.2) is 36.2 Å². The number of ether oxygens (including phenoxy) is 1. The number of rotatable bonds is 5. The van der Waals surface area contributed by atoms with E-state index in [1.165, 1.54) is 4.74 Å². The van der Waals surface area contributed by atoms with Crippen molar-refractivity contribution in [2.45, 2.75) is 36.2 Å². The Labute approximate surface area is 124 Å². The van der Waals surface area contributed by atoms with Gasteiger partial charge in [0.25, 0.3) is 0 Å². The molecule has 0 spiro atoms. The number of alkyl halides is 13. The van der Waals surface area contributed by atoms with Crippen LogP contribution in [0.1, 0.15) is 0 Å². The molecule has 0 bridgehead atoms. The molecule has 0 N–H and O–H groups in total. The topological polar surface area (TPSA) is 9.23 Å². The van der Waals surface area contributed by atoms with Gasteiger partial charge in [-0.25, -0.2) is 0 Å². The lowest BCUT2D eigenvalue weighted by Crippen LogP contribution is -2.65. The number of hydrogen-bond donors (Lipinski definition) is 0. The first kappa shape index (κ1) is 23.6. The monoisotopic (exact) mass is 416 g/mol. The van der Waals surface area contributed by atoms with Crippen LogP contribution in [0.4, 0.5) is 70.2 Å². The third-order valence-corrected chi connectivity index (χ3v) is 2.20. The van der Waals surface area contributed by atoms with E-state index in [2.05, 4.69) is 0 Å². The minimum absolute atomic E-state index is 1.26. The maximum absolute atomic E-state index is 13.2. The highest BCUT2D eigenvalue weighted by molar-refractivity contribution is 5.14. The molecule has 0 radical (unpaired) electrons. The summed E-state index contributed by atoms with van der Waals surface area (Å²) in [6, 6.07) is 0. The highest BCUT2D eigenvalue weighted by atomic mass is 19.4. The van der Waals surface area contributed by atoms with E-state index < -0.39 is 48.1 Å². The molecule has 150 valence electrons. The first-order chi connectivity index (χ1) is 10.6. The largest absolute Gasteiger partial charge is 0.462 e. The van der Waals surface area contributed by atoms with Gasteiger partial charge in [-0.2, -0.15) is 70.2 Å². The van der Waals surface area contributed by atoms with Gasteiger partial charge in [0.1, 0.15) is 0 Å². The van der Waals surface area contributed by atoms with Crippen LogP contribution >= 0.6 is 0 Å². The van der Waals surface area contributed by atoms with Gasteiger partial charge in [-0.15, -0.1) is 0 Å². The third-order valence-electron chi connectivity index (χ3n) is 2.20. The molecule has 0 aromatic rings. The summed E-state index contributed by atoms with van der Waals surface area (Å²) in [5.41, 5.74) is 0. The number of hydrogen-bond acceptors (Lipinski definition) is 1. The minimum Gasteiger partial charge on any atom is -0.264 e. The van der Waals surface area contributed by atoms with Gasteiger partial charge in [0.2, 0.25) is 5.83 Å². The third kappa shape index (κ3) is 3.74. The van der Waals surface area contributed by atoms with E-state index in [0.717, 1.165) is 0 Å². The molecule has 1 atom stereocenters. The minimum atomic E-state index is -7.73. The van der Waals surface area contributed by atoms with E-state index in [9.17, 15) is 70.2 Å². The van der Waals surface area contributed by atoms with Gasteiger partial charge in [-0.1, -0.05) is 0 Å². The highest BCUT2D eigenvalue weighted by Crippen LogP contribution is 2.56. The molecule has 0 heterocycles. The van der Waals surface area contributed by atoms with Crippen LogP contribution in [0.15, 0.2) is 11.9 Å². The van der Waals surface area contributed by atoms with Crippen LogP contribution in [0, 0.1) is 0 Å². The van der Waals surface area contributed by atoms with E-state index in [1.807, 2.05) is 0 Å². The van der Waals surface area contributed by atoms with Crippen LogP contribution in [-0.2, 0) is 4.74 Å². The molecule has 0 aliphatic carbocycles. The van der Waals surface area contributed by atoms with Crippen LogP contribution in [0.25, 0.3) is 0 Å². The molecule has 1 unspecified atom stereocenters. The molecule has 1 nitrogen and oxygen atoms in total. The summed E-state index contributed by atoms with van der Waals surface area (Å²) in [5, 5.41) is 0. The molecule has 25 heavy (non-hydrogen) atoms. The van der Waals surface area contributed by atoms with Gasteiger partial charge in [-0.3, -0.25) is 4.74 Å². The van der Waals surface area contributed by atoms with Gasteiger partial charge in [0, 0.05) is 0 Å². The van der Waals surface area contributed by atoms with Gasteiger partial charge in [-0.05, 0) is 0 Å². The van der Waals surface area contributed by atoms with E-state index in [1.54, 1.807) is 0 Å². The Hall–Kier alpha value is -1.42. The van der Waals surface area contributed by atoms with E-state index in [0.29, 0.717) is 0 Å². The second kappa shape index (κ2) is 6.08. The van der Waals surface area contributed by atoms with Gasteiger partial charge in [0.05, 0.1) is 0 Å². The van der Waals surface area contributed by atoms with Crippen molar-refractivity contribution in [3.8, 4) is 0 Å².